The molecular formula is C18H20N4O2S. The van der Waals surface area contributed by atoms with E-state index in [-0.39, 0.29) is 5.56 Å². The lowest BCUT2D eigenvalue weighted by Crippen LogP contribution is -2.30. The van der Waals surface area contributed by atoms with E-state index in [4.69, 9.17) is 0 Å². The molecule has 0 bridgehead atoms. The van der Waals surface area contributed by atoms with Crippen molar-refractivity contribution >= 4 is 17.2 Å². The van der Waals surface area contributed by atoms with Gasteiger partial charge in [-0.3, -0.25) is 4.79 Å². The van der Waals surface area contributed by atoms with E-state index in [1.165, 1.54) is 6.07 Å². The first-order valence-corrected chi connectivity index (χ1v) is 8.98. The fraction of sp³-hybridized carbons (Fsp3) is 0.278. The summed E-state index contributed by atoms with van der Waals surface area (Å²) in [7, 11) is 0. The number of rotatable bonds is 6. The van der Waals surface area contributed by atoms with E-state index in [0.717, 1.165) is 16.8 Å². The highest BCUT2D eigenvalue weighted by Crippen LogP contribution is 2.23. The molecule has 0 saturated heterocycles. The molecule has 25 heavy (non-hydrogen) atoms. The Morgan fingerprint density at radius 3 is 2.84 bits per heavy atom. The van der Waals surface area contributed by atoms with E-state index in [9.17, 15) is 9.90 Å². The van der Waals surface area contributed by atoms with Crippen molar-refractivity contribution in [2.24, 2.45) is 0 Å². The van der Waals surface area contributed by atoms with Crippen molar-refractivity contribution in [1.29, 1.82) is 0 Å². The number of aromatic nitrogens is 3. The molecule has 3 N–H and O–H groups in total. The monoisotopic (exact) mass is 356 g/mol. The summed E-state index contributed by atoms with van der Waals surface area (Å²) >= 11 is 1.55. The van der Waals surface area contributed by atoms with Crippen LogP contribution in [0.5, 0.6) is 0 Å². The number of nitrogens with one attached hydrogen (secondary N) is 2. The third-order valence-corrected chi connectivity index (χ3v) is 4.63. The second kappa shape index (κ2) is 7.16. The third-order valence-electron chi connectivity index (χ3n) is 3.95. The lowest BCUT2D eigenvalue weighted by Gasteiger charge is -2.23. The third kappa shape index (κ3) is 4.12. The Morgan fingerprint density at radius 1 is 1.36 bits per heavy atom. The van der Waals surface area contributed by atoms with Crippen LogP contribution in [0.15, 0.2) is 46.0 Å². The van der Waals surface area contributed by atoms with E-state index in [1.807, 2.05) is 29.8 Å². The van der Waals surface area contributed by atoms with Gasteiger partial charge >= 0.3 is 0 Å². The van der Waals surface area contributed by atoms with Gasteiger partial charge in [-0.25, -0.2) is 9.97 Å². The van der Waals surface area contributed by atoms with Crippen molar-refractivity contribution < 1.29 is 5.11 Å². The van der Waals surface area contributed by atoms with Crippen molar-refractivity contribution in [3.63, 3.8) is 0 Å². The Labute approximate surface area is 149 Å². The van der Waals surface area contributed by atoms with E-state index in [0.29, 0.717) is 24.6 Å². The quantitative estimate of drug-likeness (QED) is 0.632. The fourth-order valence-corrected chi connectivity index (χ4v) is 3.18. The molecule has 3 aromatic rings. The summed E-state index contributed by atoms with van der Waals surface area (Å²) in [6.45, 7) is 4.06. The number of anilines is 1. The zero-order valence-electron chi connectivity index (χ0n) is 14.1. The average molecular weight is 356 g/mol. The summed E-state index contributed by atoms with van der Waals surface area (Å²) in [5, 5.41) is 17.5. The minimum absolute atomic E-state index is 0.170. The molecule has 1 unspecified atom stereocenters. The fourth-order valence-electron chi connectivity index (χ4n) is 2.40. The number of nitrogens with zero attached hydrogens (tertiary/aromatic N) is 2. The van der Waals surface area contributed by atoms with Gasteiger partial charge in [0, 0.05) is 30.1 Å². The first-order valence-electron chi connectivity index (χ1n) is 8.03. The van der Waals surface area contributed by atoms with Gasteiger partial charge in [0.15, 0.2) is 0 Å². The van der Waals surface area contributed by atoms with Crippen LogP contribution in [0.3, 0.4) is 0 Å². The minimum atomic E-state index is -0.970. The van der Waals surface area contributed by atoms with Crippen molar-refractivity contribution in [3.05, 3.63) is 62.8 Å². The molecule has 7 heteroatoms. The van der Waals surface area contributed by atoms with E-state index >= 15 is 0 Å². The number of H-pyrrole nitrogens is 1. The zero-order chi connectivity index (χ0) is 17.9. The number of aromatic amines is 1. The molecule has 3 heterocycles. The smallest absolute Gasteiger partial charge is 0.251 e. The molecule has 0 saturated carbocycles. The normalized spacial score (nSPS) is 13.4. The van der Waals surface area contributed by atoms with Crippen LogP contribution in [-0.4, -0.2) is 26.6 Å². The maximum atomic E-state index is 11.7. The van der Waals surface area contributed by atoms with Crippen LogP contribution >= 0.6 is 11.3 Å². The Balaban J connectivity index is 1.72. The van der Waals surface area contributed by atoms with Gasteiger partial charge in [-0.1, -0.05) is 6.92 Å². The van der Waals surface area contributed by atoms with Crippen LogP contribution in [0.4, 0.5) is 5.82 Å². The summed E-state index contributed by atoms with van der Waals surface area (Å²) < 4.78 is 0. The number of aliphatic hydroxyl groups is 1. The highest BCUT2D eigenvalue weighted by Gasteiger charge is 2.23. The van der Waals surface area contributed by atoms with E-state index < -0.39 is 5.60 Å². The van der Waals surface area contributed by atoms with Crippen LogP contribution in [0.1, 0.15) is 25.1 Å². The van der Waals surface area contributed by atoms with Gasteiger partial charge in [0.05, 0.1) is 0 Å². The maximum Gasteiger partial charge on any atom is 0.251 e. The summed E-state index contributed by atoms with van der Waals surface area (Å²) in [4.78, 5) is 23.2. The van der Waals surface area contributed by atoms with E-state index in [1.54, 1.807) is 30.5 Å². The van der Waals surface area contributed by atoms with Crippen molar-refractivity contribution in [3.8, 4) is 11.4 Å². The Hall–Kier alpha value is -2.51. The van der Waals surface area contributed by atoms with Gasteiger partial charge in [-0.05, 0) is 47.9 Å². The number of hydrogen-bond donors (Lipinski definition) is 3. The van der Waals surface area contributed by atoms with E-state index in [2.05, 4.69) is 20.3 Å². The van der Waals surface area contributed by atoms with Crippen molar-refractivity contribution in [2.75, 3.05) is 11.9 Å². The summed E-state index contributed by atoms with van der Waals surface area (Å²) in [5.41, 5.74) is 1.22. The molecule has 0 spiro atoms. The first-order chi connectivity index (χ1) is 12.0. The largest absolute Gasteiger partial charge is 0.384 e. The Morgan fingerprint density at radius 2 is 2.20 bits per heavy atom. The summed E-state index contributed by atoms with van der Waals surface area (Å²) in [6, 6.07) is 7.05. The topological polar surface area (TPSA) is 90.9 Å². The molecular weight excluding hydrogens is 336 g/mol. The molecule has 3 rings (SSSR count). The number of hydrogen-bond acceptors (Lipinski definition) is 6. The summed E-state index contributed by atoms with van der Waals surface area (Å²) in [5.74, 6) is 1.15. The molecule has 0 aromatic carbocycles. The van der Waals surface area contributed by atoms with Gasteiger partial charge in [0.1, 0.15) is 17.2 Å². The Bertz CT molecular complexity index is 886. The van der Waals surface area contributed by atoms with Crippen LogP contribution in [-0.2, 0) is 12.0 Å². The van der Waals surface area contributed by atoms with Gasteiger partial charge in [0.25, 0.3) is 5.56 Å². The highest BCUT2D eigenvalue weighted by molar-refractivity contribution is 7.08. The number of thiophene rings is 1. The molecule has 130 valence electrons. The molecule has 6 nitrogen and oxygen atoms in total. The van der Waals surface area contributed by atoms with Gasteiger partial charge in [0.2, 0.25) is 0 Å². The van der Waals surface area contributed by atoms with Crippen molar-refractivity contribution in [1.82, 2.24) is 15.0 Å². The molecule has 0 aliphatic rings. The molecule has 3 aromatic heterocycles. The lowest BCUT2D eigenvalue weighted by atomic mass is 9.99. The van der Waals surface area contributed by atoms with Crippen LogP contribution < -0.4 is 10.9 Å². The van der Waals surface area contributed by atoms with Crippen LogP contribution in [0.25, 0.3) is 11.4 Å². The highest BCUT2D eigenvalue weighted by atomic mass is 32.1. The molecule has 0 aliphatic heterocycles. The van der Waals surface area contributed by atoms with Gasteiger partial charge < -0.3 is 15.4 Å². The molecule has 1 atom stereocenters. The first kappa shape index (κ1) is 17.3. The van der Waals surface area contributed by atoms with Crippen LogP contribution in [0.2, 0.25) is 0 Å². The number of pyridine rings is 1. The molecule has 0 radical (unpaired) electrons. The molecule has 0 aliphatic carbocycles. The average Bonchev–Trinajstić information content (AvgIpc) is 3.15. The number of aryl methyl sites for hydroxylation is 1. The zero-order valence-corrected chi connectivity index (χ0v) is 14.9. The second-order valence-corrected chi connectivity index (χ2v) is 6.79. The second-order valence-electron chi connectivity index (χ2n) is 6.01. The van der Waals surface area contributed by atoms with Crippen molar-refractivity contribution in [2.45, 2.75) is 25.9 Å². The maximum absolute atomic E-state index is 11.7. The SMILES string of the molecule is CCc1cc(=O)[nH]c(-c2ccc(NCC(C)(O)c3ccsc3)nc2)n1. The van der Waals surface area contributed by atoms with Crippen LogP contribution in [0, 0.1) is 0 Å². The summed E-state index contributed by atoms with van der Waals surface area (Å²) in [6.07, 6.45) is 2.35. The predicted molar refractivity (Wildman–Crippen MR) is 99.8 cm³/mol. The predicted octanol–water partition coefficient (Wildman–Crippen LogP) is 2.78. The minimum Gasteiger partial charge on any atom is -0.384 e. The van der Waals surface area contributed by atoms with Gasteiger partial charge in [-0.15, -0.1) is 0 Å². The Kier molecular flexibility index (Phi) is 4.96. The molecule has 0 fully saturated rings. The lowest BCUT2D eigenvalue weighted by molar-refractivity contribution is 0.0719. The molecule has 0 amide bonds. The van der Waals surface area contributed by atoms with Gasteiger partial charge in [-0.2, -0.15) is 11.3 Å². The standard InChI is InChI=1S/C18H20N4O2S/c1-3-14-8-16(23)22-17(21-14)12-4-5-15(19-9-12)20-11-18(2,24)13-6-7-25-10-13/h4-10,24H,3,11H2,1-2H3,(H,19,20)(H,21,22,23).